The summed E-state index contributed by atoms with van der Waals surface area (Å²) < 4.78 is 26.4. The second-order valence-electron chi connectivity index (χ2n) is 3.92. The summed E-state index contributed by atoms with van der Waals surface area (Å²) in [4.78, 5) is 11.0. The molecule has 0 aliphatic rings. The van der Waals surface area contributed by atoms with Gasteiger partial charge in [-0.2, -0.15) is 0 Å². The van der Waals surface area contributed by atoms with E-state index in [9.17, 15) is 13.6 Å². The van der Waals surface area contributed by atoms with Gasteiger partial charge in [0.15, 0.2) is 11.6 Å². The van der Waals surface area contributed by atoms with E-state index in [0.29, 0.717) is 5.69 Å². The predicted octanol–water partition coefficient (Wildman–Crippen LogP) is 3.28. The third-order valence-corrected chi connectivity index (χ3v) is 2.66. The van der Waals surface area contributed by atoms with Crippen molar-refractivity contribution < 1.29 is 18.7 Å². The summed E-state index contributed by atoms with van der Waals surface area (Å²) in [5.41, 5.74) is 0.582. The molecule has 0 fully saturated rings. The maximum Gasteiger partial charge on any atom is 0.337 e. The molecule has 0 spiro atoms. The number of halogens is 2. The van der Waals surface area contributed by atoms with Crippen LogP contribution in [0, 0.1) is 11.6 Å². The minimum absolute atomic E-state index is 0.00782. The zero-order valence-corrected chi connectivity index (χ0v) is 9.86. The SMILES string of the molecule is O=C(O)c1ccccc1NCc1cccc(F)c1F. The molecule has 19 heavy (non-hydrogen) atoms. The fraction of sp³-hybridized carbons (Fsp3) is 0.0714. The van der Waals surface area contributed by atoms with E-state index in [1.807, 2.05) is 0 Å². The quantitative estimate of drug-likeness (QED) is 0.890. The topological polar surface area (TPSA) is 49.3 Å². The average molecular weight is 263 g/mol. The first kappa shape index (κ1) is 13.0. The maximum atomic E-state index is 13.4. The molecule has 2 N–H and O–H groups in total. The molecule has 0 heterocycles. The Bertz CT molecular complexity index is 614. The van der Waals surface area contributed by atoms with E-state index in [2.05, 4.69) is 5.32 Å². The van der Waals surface area contributed by atoms with Crippen molar-refractivity contribution in [1.82, 2.24) is 0 Å². The highest BCUT2D eigenvalue weighted by molar-refractivity contribution is 5.94. The molecule has 0 amide bonds. The van der Waals surface area contributed by atoms with Crippen LogP contribution in [0.25, 0.3) is 0 Å². The zero-order valence-electron chi connectivity index (χ0n) is 9.86. The Hall–Kier alpha value is -2.43. The summed E-state index contributed by atoms with van der Waals surface area (Å²) in [6.45, 7) is 0.00782. The summed E-state index contributed by atoms with van der Waals surface area (Å²) in [5.74, 6) is -2.93. The molecule has 2 rings (SSSR count). The average Bonchev–Trinajstić information content (AvgIpc) is 2.40. The number of hydrogen-bond acceptors (Lipinski definition) is 2. The van der Waals surface area contributed by atoms with Gasteiger partial charge >= 0.3 is 5.97 Å². The number of nitrogens with one attached hydrogen (secondary N) is 1. The van der Waals surface area contributed by atoms with Crippen molar-refractivity contribution in [3.8, 4) is 0 Å². The predicted molar refractivity (Wildman–Crippen MR) is 67.1 cm³/mol. The van der Waals surface area contributed by atoms with Crippen LogP contribution in [0.4, 0.5) is 14.5 Å². The summed E-state index contributed by atoms with van der Waals surface area (Å²) in [6, 6.07) is 10.1. The number of aromatic carboxylic acids is 1. The van der Waals surface area contributed by atoms with Crippen LogP contribution < -0.4 is 5.32 Å². The molecule has 0 unspecified atom stereocenters. The van der Waals surface area contributed by atoms with E-state index >= 15 is 0 Å². The van der Waals surface area contributed by atoms with Crippen molar-refractivity contribution in [2.75, 3.05) is 5.32 Å². The van der Waals surface area contributed by atoms with Gasteiger partial charge in [0.25, 0.3) is 0 Å². The second-order valence-corrected chi connectivity index (χ2v) is 3.92. The van der Waals surface area contributed by atoms with Crippen LogP contribution in [-0.4, -0.2) is 11.1 Å². The third kappa shape index (κ3) is 2.88. The van der Waals surface area contributed by atoms with Crippen LogP contribution in [0.5, 0.6) is 0 Å². The van der Waals surface area contributed by atoms with E-state index in [4.69, 9.17) is 5.11 Å². The molecule has 0 atom stereocenters. The van der Waals surface area contributed by atoms with Gasteiger partial charge in [0, 0.05) is 17.8 Å². The molecular weight excluding hydrogens is 252 g/mol. The lowest BCUT2D eigenvalue weighted by molar-refractivity contribution is 0.0698. The summed E-state index contributed by atoms with van der Waals surface area (Å²) in [7, 11) is 0. The lowest BCUT2D eigenvalue weighted by atomic mass is 10.1. The van der Waals surface area contributed by atoms with E-state index in [-0.39, 0.29) is 17.7 Å². The van der Waals surface area contributed by atoms with Gasteiger partial charge in [-0.25, -0.2) is 13.6 Å². The number of para-hydroxylation sites is 1. The van der Waals surface area contributed by atoms with Gasteiger partial charge in [-0.05, 0) is 18.2 Å². The monoisotopic (exact) mass is 263 g/mol. The highest BCUT2D eigenvalue weighted by Crippen LogP contribution is 2.18. The van der Waals surface area contributed by atoms with Gasteiger partial charge in [0.2, 0.25) is 0 Å². The summed E-state index contributed by atoms with van der Waals surface area (Å²) in [6.07, 6.45) is 0. The van der Waals surface area contributed by atoms with Gasteiger partial charge in [-0.1, -0.05) is 24.3 Å². The number of carboxylic acid groups (broad SMARTS) is 1. The van der Waals surface area contributed by atoms with Gasteiger partial charge < -0.3 is 10.4 Å². The molecule has 5 heteroatoms. The Morgan fingerprint density at radius 2 is 1.84 bits per heavy atom. The minimum Gasteiger partial charge on any atom is -0.478 e. The largest absolute Gasteiger partial charge is 0.478 e. The van der Waals surface area contributed by atoms with Crippen LogP contribution in [0.1, 0.15) is 15.9 Å². The first-order valence-corrected chi connectivity index (χ1v) is 5.58. The van der Waals surface area contributed by atoms with Crippen LogP contribution in [0.15, 0.2) is 42.5 Å². The van der Waals surface area contributed by atoms with Crippen LogP contribution >= 0.6 is 0 Å². The smallest absolute Gasteiger partial charge is 0.337 e. The van der Waals surface area contributed by atoms with Crippen molar-refractivity contribution in [2.45, 2.75) is 6.54 Å². The zero-order chi connectivity index (χ0) is 13.8. The Balaban J connectivity index is 2.19. The number of anilines is 1. The molecule has 0 bridgehead atoms. The van der Waals surface area contributed by atoms with Crippen LogP contribution in [0.3, 0.4) is 0 Å². The van der Waals surface area contributed by atoms with Crippen molar-refractivity contribution in [1.29, 1.82) is 0 Å². The number of rotatable bonds is 4. The number of hydrogen-bond donors (Lipinski definition) is 2. The lowest BCUT2D eigenvalue weighted by Crippen LogP contribution is -2.07. The molecule has 0 aliphatic carbocycles. The standard InChI is InChI=1S/C14H11F2NO2/c15-11-6-3-4-9(13(11)16)8-17-12-7-2-1-5-10(12)14(18)19/h1-7,17H,8H2,(H,18,19). The van der Waals surface area contributed by atoms with Crippen LogP contribution in [0.2, 0.25) is 0 Å². The van der Waals surface area contributed by atoms with E-state index in [0.717, 1.165) is 6.07 Å². The molecule has 2 aromatic carbocycles. The Morgan fingerprint density at radius 1 is 1.11 bits per heavy atom. The Kier molecular flexibility index (Phi) is 3.75. The van der Waals surface area contributed by atoms with Gasteiger partial charge in [-0.15, -0.1) is 0 Å². The Morgan fingerprint density at radius 3 is 2.58 bits per heavy atom. The van der Waals surface area contributed by atoms with Crippen molar-refractivity contribution in [3.63, 3.8) is 0 Å². The molecular formula is C14H11F2NO2. The van der Waals surface area contributed by atoms with Gasteiger partial charge in [0.1, 0.15) is 0 Å². The van der Waals surface area contributed by atoms with Crippen molar-refractivity contribution in [2.24, 2.45) is 0 Å². The van der Waals surface area contributed by atoms with Crippen LogP contribution in [-0.2, 0) is 6.54 Å². The summed E-state index contributed by atoms with van der Waals surface area (Å²) in [5, 5.41) is 11.8. The van der Waals surface area contributed by atoms with E-state index < -0.39 is 17.6 Å². The normalized spacial score (nSPS) is 10.2. The molecule has 0 saturated heterocycles. The molecule has 3 nitrogen and oxygen atoms in total. The van der Waals surface area contributed by atoms with Crippen molar-refractivity contribution >= 4 is 11.7 Å². The molecule has 0 saturated carbocycles. The van der Waals surface area contributed by atoms with Crippen molar-refractivity contribution in [3.05, 3.63) is 65.2 Å². The summed E-state index contributed by atoms with van der Waals surface area (Å²) >= 11 is 0. The third-order valence-electron chi connectivity index (χ3n) is 2.66. The highest BCUT2D eigenvalue weighted by atomic mass is 19.2. The fourth-order valence-corrected chi connectivity index (χ4v) is 1.70. The van der Waals surface area contributed by atoms with Gasteiger partial charge in [-0.3, -0.25) is 0 Å². The first-order valence-electron chi connectivity index (χ1n) is 5.58. The molecule has 0 aliphatic heterocycles. The lowest BCUT2D eigenvalue weighted by Gasteiger charge is -2.10. The number of benzene rings is 2. The molecule has 98 valence electrons. The number of carboxylic acids is 1. The molecule has 2 aromatic rings. The molecule has 0 aromatic heterocycles. The second kappa shape index (κ2) is 5.48. The molecule has 0 radical (unpaired) electrons. The number of carbonyl (C=O) groups is 1. The van der Waals surface area contributed by atoms with Gasteiger partial charge in [0.05, 0.1) is 5.56 Å². The maximum absolute atomic E-state index is 13.4. The fourth-order valence-electron chi connectivity index (χ4n) is 1.70. The Labute approximate surface area is 108 Å². The first-order chi connectivity index (χ1) is 9.09. The van der Waals surface area contributed by atoms with E-state index in [1.54, 1.807) is 18.2 Å². The van der Waals surface area contributed by atoms with E-state index in [1.165, 1.54) is 18.2 Å². The minimum atomic E-state index is -1.08. The highest BCUT2D eigenvalue weighted by Gasteiger charge is 2.11.